The summed E-state index contributed by atoms with van der Waals surface area (Å²) in [4.78, 5) is 0. The Bertz CT molecular complexity index is 363. The van der Waals surface area contributed by atoms with Gasteiger partial charge in [-0.3, -0.25) is 0 Å². The van der Waals surface area contributed by atoms with Crippen molar-refractivity contribution in [3.8, 4) is 0 Å². The van der Waals surface area contributed by atoms with Crippen LogP contribution in [-0.2, 0) is 9.31 Å². The Kier molecular flexibility index (Phi) is 3.57. The number of rotatable bonds is 2. The van der Waals surface area contributed by atoms with Crippen LogP contribution in [0.5, 0.6) is 0 Å². The van der Waals surface area contributed by atoms with Crippen molar-refractivity contribution in [1.29, 1.82) is 0 Å². The number of hydrogen-bond donors (Lipinski definition) is 1. The van der Waals surface area contributed by atoms with Crippen LogP contribution in [0.2, 0.25) is 0 Å². The van der Waals surface area contributed by atoms with Crippen LogP contribution in [-0.4, -0.2) is 25.4 Å². The molecule has 1 aliphatic rings. The highest BCUT2D eigenvalue weighted by atomic mass is 16.6. The van der Waals surface area contributed by atoms with Crippen molar-refractivity contribution in [3.63, 3.8) is 0 Å². The summed E-state index contributed by atoms with van der Waals surface area (Å²) < 4.78 is 11.4. The van der Waals surface area contributed by atoms with E-state index in [1.807, 2.05) is 24.3 Å². The molecule has 92 valence electrons. The van der Waals surface area contributed by atoms with Crippen LogP contribution in [0.4, 0.5) is 0 Å². The molecule has 0 bridgehead atoms. The van der Waals surface area contributed by atoms with Crippen molar-refractivity contribution in [1.82, 2.24) is 0 Å². The van der Waals surface area contributed by atoms with Gasteiger partial charge in [0.2, 0.25) is 0 Å². The van der Waals surface area contributed by atoms with Crippen molar-refractivity contribution >= 4 is 12.6 Å². The molecule has 1 N–H and O–H groups in total. The molecule has 0 unspecified atom stereocenters. The zero-order chi connectivity index (χ0) is 12.5. The first kappa shape index (κ1) is 12.6. The fourth-order valence-corrected chi connectivity index (χ4v) is 1.82. The lowest BCUT2D eigenvalue weighted by Crippen LogP contribution is -2.47. The van der Waals surface area contributed by atoms with Gasteiger partial charge in [0.25, 0.3) is 0 Å². The van der Waals surface area contributed by atoms with Gasteiger partial charge < -0.3 is 14.4 Å². The molecule has 1 atom stereocenters. The van der Waals surface area contributed by atoms with E-state index < -0.39 is 6.10 Å². The highest BCUT2D eigenvalue weighted by Crippen LogP contribution is 2.21. The van der Waals surface area contributed by atoms with Gasteiger partial charge >= 0.3 is 7.12 Å². The van der Waals surface area contributed by atoms with Gasteiger partial charge in [-0.25, -0.2) is 0 Å². The Morgan fingerprint density at radius 2 is 1.71 bits per heavy atom. The van der Waals surface area contributed by atoms with Gasteiger partial charge in [0, 0.05) is 18.6 Å². The fraction of sp³-hybridized carbons (Fsp3) is 0.538. The minimum absolute atomic E-state index is 0.0933. The smallest absolute Gasteiger partial charge is 0.407 e. The summed E-state index contributed by atoms with van der Waals surface area (Å²) in [6.45, 7) is 7.41. The highest BCUT2D eigenvalue weighted by Gasteiger charge is 2.33. The van der Waals surface area contributed by atoms with E-state index in [4.69, 9.17) is 9.31 Å². The maximum Gasteiger partial charge on any atom is 0.493 e. The van der Waals surface area contributed by atoms with Crippen molar-refractivity contribution in [2.75, 3.05) is 13.2 Å². The van der Waals surface area contributed by atoms with E-state index in [0.717, 1.165) is 11.0 Å². The van der Waals surface area contributed by atoms with Gasteiger partial charge in [0.1, 0.15) is 0 Å². The van der Waals surface area contributed by atoms with Crippen LogP contribution in [0.1, 0.15) is 32.4 Å². The van der Waals surface area contributed by atoms with Gasteiger partial charge in [-0.05, 0) is 17.9 Å². The lowest BCUT2D eigenvalue weighted by Gasteiger charge is -2.33. The minimum Gasteiger partial charge on any atom is -0.407 e. The molecule has 1 heterocycles. The maximum absolute atomic E-state index is 9.43. The molecule has 17 heavy (non-hydrogen) atoms. The van der Waals surface area contributed by atoms with Crippen LogP contribution in [0.25, 0.3) is 0 Å². The summed E-state index contributed by atoms with van der Waals surface area (Å²) in [6.07, 6.45) is -0.434. The molecule has 3 nitrogen and oxygen atoms in total. The van der Waals surface area contributed by atoms with Crippen LogP contribution in [0.15, 0.2) is 24.3 Å². The first-order valence-corrected chi connectivity index (χ1v) is 5.99. The lowest BCUT2D eigenvalue weighted by atomic mass is 9.75. The Morgan fingerprint density at radius 3 is 2.18 bits per heavy atom. The Balaban J connectivity index is 2.04. The van der Waals surface area contributed by atoms with Crippen LogP contribution < -0.4 is 5.46 Å². The number of aliphatic hydroxyl groups excluding tert-OH is 1. The Morgan fingerprint density at radius 1 is 1.18 bits per heavy atom. The number of hydrogen-bond acceptors (Lipinski definition) is 3. The van der Waals surface area contributed by atoms with E-state index in [2.05, 4.69) is 13.8 Å². The molecule has 4 heteroatoms. The summed E-state index contributed by atoms with van der Waals surface area (Å²) in [5.41, 5.74) is 2.01. The zero-order valence-corrected chi connectivity index (χ0v) is 10.6. The van der Waals surface area contributed by atoms with Gasteiger partial charge in [-0.15, -0.1) is 0 Å². The second kappa shape index (κ2) is 4.80. The predicted molar refractivity (Wildman–Crippen MR) is 68.1 cm³/mol. The van der Waals surface area contributed by atoms with Crippen LogP contribution in [0, 0.1) is 5.41 Å². The van der Waals surface area contributed by atoms with Crippen molar-refractivity contribution in [3.05, 3.63) is 29.8 Å². The molecule has 0 aliphatic carbocycles. The molecule has 0 saturated carbocycles. The van der Waals surface area contributed by atoms with E-state index in [1.54, 1.807) is 6.92 Å². The van der Waals surface area contributed by atoms with E-state index in [-0.39, 0.29) is 12.5 Å². The normalized spacial score (nSPS) is 21.3. The zero-order valence-electron chi connectivity index (χ0n) is 10.6. The van der Waals surface area contributed by atoms with Crippen molar-refractivity contribution in [2.45, 2.75) is 26.9 Å². The Labute approximate surface area is 103 Å². The van der Waals surface area contributed by atoms with E-state index in [0.29, 0.717) is 13.2 Å². The number of benzene rings is 1. The first-order chi connectivity index (χ1) is 7.98. The van der Waals surface area contributed by atoms with Crippen molar-refractivity contribution < 1.29 is 14.4 Å². The summed E-state index contributed by atoms with van der Waals surface area (Å²) in [5.74, 6) is 0. The largest absolute Gasteiger partial charge is 0.493 e. The average Bonchev–Trinajstić information content (AvgIpc) is 2.29. The quantitative estimate of drug-likeness (QED) is 0.788. The molecule has 1 aromatic rings. The summed E-state index contributed by atoms with van der Waals surface area (Å²) in [6, 6.07) is 7.72. The molecule has 0 radical (unpaired) electrons. The first-order valence-electron chi connectivity index (χ1n) is 5.99. The van der Waals surface area contributed by atoms with Crippen LogP contribution in [0.3, 0.4) is 0 Å². The highest BCUT2D eigenvalue weighted by molar-refractivity contribution is 6.61. The van der Waals surface area contributed by atoms with Crippen LogP contribution >= 0.6 is 0 Å². The minimum atomic E-state index is -0.434. The van der Waals surface area contributed by atoms with Gasteiger partial charge in [0.15, 0.2) is 0 Å². The average molecular weight is 234 g/mol. The summed E-state index contributed by atoms with van der Waals surface area (Å²) >= 11 is 0. The van der Waals surface area contributed by atoms with E-state index in [9.17, 15) is 5.11 Å². The van der Waals surface area contributed by atoms with E-state index >= 15 is 0 Å². The predicted octanol–water partition coefficient (Wildman–Crippen LogP) is 1.51. The topological polar surface area (TPSA) is 38.7 Å². The van der Waals surface area contributed by atoms with Gasteiger partial charge in [-0.2, -0.15) is 0 Å². The van der Waals surface area contributed by atoms with Gasteiger partial charge in [-0.1, -0.05) is 38.1 Å². The second-order valence-corrected chi connectivity index (χ2v) is 5.46. The monoisotopic (exact) mass is 234 g/mol. The third-order valence-corrected chi connectivity index (χ3v) is 2.94. The van der Waals surface area contributed by atoms with Gasteiger partial charge in [0.05, 0.1) is 6.10 Å². The van der Waals surface area contributed by atoms with Crippen molar-refractivity contribution in [2.24, 2.45) is 5.41 Å². The molecule has 1 saturated heterocycles. The molecule has 0 amide bonds. The molecule has 1 aromatic carbocycles. The SMILES string of the molecule is C[C@H](O)c1ccc(B2OCC(C)(C)CO2)cc1. The summed E-state index contributed by atoms with van der Waals surface area (Å²) in [5, 5.41) is 9.43. The standard InChI is InChI=1S/C13H19BO3/c1-10(15)11-4-6-12(7-5-11)14-16-8-13(2,3)9-17-14/h4-7,10,15H,8-9H2,1-3H3/t10-/m0/s1. The molecule has 1 fully saturated rings. The fourth-order valence-electron chi connectivity index (χ4n) is 1.82. The maximum atomic E-state index is 9.43. The molecule has 0 spiro atoms. The molecule has 1 aliphatic heterocycles. The number of aliphatic hydroxyl groups is 1. The molecular formula is C13H19BO3. The molecular weight excluding hydrogens is 215 g/mol. The third-order valence-electron chi connectivity index (χ3n) is 2.94. The lowest BCUT2D eigenvalue weighted by molar-refractivity contribution is 0.0343. The molecule has 0 aromatic heterocycles. The van der Waals surface area contributed by atoms with E-state index in [1.165, 1.54) is 0 Å². The molecule has 2 rings (SSSR count). The second-order valence-electron chi connectivity index (χ2n) is 5.46. The summed E-state index contributed by atoms with van der Waals surface area (Å²) in [7, 11) is -0.272. The Hall–Kier alpha value is -0.835. The third kappa shape index (κ3) is 3.09.